The Morgan fingerprint density at radius 3 is 2.56 bits per heavy atom. The van der Waals surface area contributed by atoms with Gasteiger partial charge in [-0.2, -0.15) is 0 Å². The van der Waals surface area contributed by atoms with E-state index in [1.165, 1.54) is 6.92 Å². The lowest BCUT2D eigenvalue weighted by atomic mass is 9.92. The highest BCUT2D eigenvalue weighted by Gasteiger charge is 2.45. The molecule has 0 bridgehead atoms. The number of guanidine groups is 1. The van der Waals surface area contributed by atoms with Gasteiger partial charge in [-0.1, -0.05) is 13.3 Å². The Morgan fingerprint density at radius 1 is 1.29 bits per heavy atom. The molecule has 1 rings (SSSR count). The van der Waals surface area contributed by atoms with Crippen LogP contribution in [0.1, 0.15) is 26.7 Å². The Bertz CT molecular complexity index is 742. The van der Waals surface area contributed by atoms with Gasteiger partial charge in [0.25, 0.3) is 0 Å². The van der Waals surface area contributed by atoms with Gasteiger partial charge in [-0.3, -0.25) is 9.59 Å². The second-order valence-corrected chi connectivity index (χ2v) is 7.53. The van der Waals surface area contributed by atoms with Gasteiger partial charge < -0.3 is 51.6 Å². The standard InChI is InChI=1S/C20H35N5O9/c1-3-4-6-32-7-5-23-15(29)10-33-17(13(28)9-26)18-16(24-11(2)27)12(25-20(21)22)8-14(34-18)19(30)31/h8,12-13,16-18,26,28H,3-7,9-10H2,1-2H3,(H,23,29)(H,24,27)(H,30,31)(H4,21,22,25)/t12-,13+,16+,17+,18+/m0/s1. The van der Waals surface area contributed by atoms with E-state index in [0.717, 1.165) is 18.9 Å². The van der Waals surface area contributed by atoms with Crippen molar-refractivity contribution in [3.05, 3.63) is 11.8 Å². The molecule has 0 radical (unpaired) electrons. The summed E-state index contributed by atoms with van der Waals surface area (Å²) in [4.78, 5) is 39.5. The van der Waals surface area contributed by atoms with E-state index in [1.54, 1.807) is 0 Å². The summed E-state index contributed by atoms with van der Waals surface area (Å²) in [6, 6.07) is -2.19. The van der Waals surface area contributed by atoms with E-state index < -0.39 is 67.2 Å². The second kappa shape index (κ2) is 15.1. The number of aliphatic hydroxyl groups excluding tert-OH is 2. The molecular formula is C20H35N5O9. The van der Waals surface area contributed by atoms with Crippen molar-refractivity contribution >= 4 is 23.7 Å². The summed E-state index contributed by atoms with van der Waals surface area (Å²) in [5.74, 6) is -3.48. The molecule has 14 nitrogen and oxygen atoms in total. The van der Waals surface area contributed by atoms with E-state index in [4.69, 9.17) is 25.7 Å². The molecule has 1 aliphatic rings. The number of ether oxygens (including phenoxy) is 3. The molecule has 0 fully saturated rings. The van der Waals surface area contributed by atoms with E-state index in [0.29, 0.717) is 13.2 Å². The molecule has 14 heteroatoms. The fourth-order valence-corrected chi connectivity index (χ4v) is 3.16. The number of hydrogen-bond acceptors (Lipinski definition) is 9. The van der Waals surface area contributed by atoms with Crippen LogP contribution in [0.5, 0.6) is 0 Å². The lowest BCUT2D eigenvalue weighted by Gasteiger charge is -2.40. The van der Waals surface area contributed by atoms with Gasteiger partial charge >= 0.3 is 5.97 Å². The van der Waals surface area contributed by atoms with Crippen molar-refractivity contribution < 1.29 is 43.9 Å². The Hall–Kier alpha value is -2.94. The van der Waals surface area contributed by atoms with Gasteiger partial charge in [0, 0.05) is 20.1 Å². The molecule has 0 saturated carbocycles. The minimum atomic E-state index is -1.60. The van der Waals surface area contributed by atoms with Crippen molar-refractivity contribution in [2.45, 2.75) is 57.1 Å². The third-order valence-electron chi connectivity index (χ3n) is 4.69. The smallest absolute Gasteiger partial charge is 0.370 e. The largest absolute Gasteiger partial charge is 0.478 e. The van der Waals surface area contributed by atoms with Gasteiger partial charge in [0.15, 0.2) is 12.1 Å². The predicted octanol–water partition coefficient (Wildman–Crippen LogP) is -2.83. The molecule has 9 N–H and O–H groups in total. The van der Waals surface area contributed by atoms with Crippen molar-refractivity contribution in [2.75, 3.05) is 33.0 Å². The Morgan fingerprint density at radius 2 is 2.00 bits per heavy atom. The number of hydrogen-bond donors (Lipinski definition) is 7. The number of aliphatic imine (C=N–C) groups is 1. The van der Waals surface area contributed by atoms with Gasteiger partial charge in [0.05, 0.1) is 25.3 Å². The molecule has 0 spiro atoms. The molecule has 2 amide bonds. The fraction of sp³-hybridized carbons (Fsp3) is 0.700. The molecule has 1 heterocycles. The summed E-state index contributed by atoms with van der Waals surface area (Å²) in [6.45, 7) is 2.98. The zero-order valence-electron chi connectivity index (χ0n) is 19.3. The Balaban J connectivity index is 3.02. The normalized spacial score (nSPS) is 21.4. The average molecular weight is 490 g/mol. The van der Waals surface area contributed by atoms with Crippen LogP contribution in [0.25, 0.3) is 0 Å². The van der Waals surface area contributed by atoms with E-state index in [2.05, 4.69) is 15.6 Å². The average Bonchev–Trinajstić information content (AvgIpc) is 2.76. The Labute approximate surface area is 197 Å². The number of carbonyl (C=O) groups excluding carboxylic acids is 2. The molecule has 0 saturated heterocycles. The van der Waals surface area contributed by atoms with Gasteiger partial charge in [0.1, 0.15) is 18.8 Å². The number of aliphatic carboxylic acids is 1. The molecule has 0 aromatic carbocycles. The maximum Gasteiger partial charge on any atom is 0.370 e. The first-order chi connectivity index (χ1) is 16.1. The highest BCUT2D eigenvalue weighted by Crippen LogP contribution is 2.26. The van der Waals surface area contributed by atoms with Crippen LogP contribution < -0.4 is 22.1 Å². The molecule has 0 aromatic rings. The molecule has 1 aliphatic heterocycles. The highest BCUT2D eigenvalue weighted by molar-refractivity contribution is 5.85. The van der Waals surface area contributed by atoms with Crippen molar-refractivity contribution in [3.63, 3.8) is 0 Å². The van der Waals surface area contributed by atoms with Crippen LogP contribution >= 0.6 is 0 Å². The summed E-state index contributed by atoms with van der Waals surface area (Å²) >= 11 is 0. The minimum Gasteiger partial charge on any atom is -0.478 e. The number of amides is 2. The van der Waals surface area contributed by atoms with Crippen LogP contribution in [-0.4, -0.2) is 102 Å². The van der Waals surface area contributed by atoms with Crippen molar-refractivity contribution in [2.24, 2.45) is 16.5 Å². The van der Waals surface area contributed by atoms with Crippen molar-refractivity contribution in [1.82, 2.24) is 10.6 Å². The van der Waals surface area contributed by atoms with Crippen LogP contribution in [0.4, 0.5) is 0 Å². The highest BCUT2D eigenvalue weighted by atomic mass is 16.6. The molecular weight excluding hydrogens is 454 g/mol. The lowest BCUT2D eigenvalue weighted by Crippen LogP contribution is -2.60. The molecule has 0 aliphatic carbocycles. The minimum absolute atomic E-state index is 0.228. The summed E-state index contributed by atoms with van der Waals surface area (Å²) < 4.78 is 16.3. The zero-order chi connectivity index (χ0) is 25.7. The lowest BCUT2D eigenvalue weighted by molar-refractivity contribution is -0.158. The van der Waals surface area contributed by atoms with Crippen molar-refractivity contribution in [3.8, 4) is 0 Å². The Kier molecular flexibility index (Phi) is 12.9. The first kappa shape index (κ1) is 29.1. The molecule has 0 aromatic heterocycles. The number of carboxylic acid groups (broad SMARTS) is 1. The number of carbonyl (C=O) groups is 3. The monoisotopic (exact) mass is 489 g/mol. The van der Waals surface area contributed by atoms with Gasteiger partial charge in [-0.05, 0) is 12.5 Å². The first-order valence-electron chi connectivity index (χ1n) is 10.8. The predicted molar refractivity (Wildman–Crippen MR) is 119 cm³/mol. The van der Waals surface area contributed by atoms with Crippen LogP contribution in [0.2, 0.25) is 0 Å². The number of aliphatic hydroxyl groups is 2. The zero-order valence-corrected chi connectivity index (χ0v) is 19.3. The fourth-order valence-electron chi connectivity index (χ4n) is 3.16. The van der Waals surface area contributed by atoms with Gasteiger partial charge in [-0.25, -0.2) is 9.79 Å². The van der Waals surface area contributed by atoms with Crippen LogP contribution in [-0.2, 0) is 28.6 Å². The van der Waals surface area contributed by atoms with Gasteiger partial charge in [-0.15, -0.1) is 0 Å². The summed E-state index contributed by atoms with van der Waals surface area (Å²) in [7, 11) is 0. The number of nitrogens with two attached hydrogens (primary N) is 2. The van der Waals surface area contributed by atoms with E-state index >= 15 is 0 Å². The summed E-state index contributed by atoms with van der Waals surface area (Å²) in [6.07, 6.45) is -1.43. The summed E-state index contributed by atoms with van der Waals surface area (Å²) in [5.41, 5.74) is 10.9. The van der Waals surface area contributed by atoms with Crippen LogP contribution in [0.3, 0.4) is 0 Å². The quantitative estimate of drug-likeness (QED) is 0.0704. The van der Waals surface area contributed by atoms with Crippen LogP contribution in [0.15, 0.2) is 16.8 Å². The van der Waals surface area contributed by atoms with E-state index in [9.17, 15) is 29.7 Å². The third-order valence-corrected chi connectivity index (χ3v) is 4.69. The van der Waals surface area contributed by atoms with Gasteiger partial charge in [0.2, 0.25) is 17.6 Å². The SMILES string of the molecule is CCCCOCCNC(=O)CO[C@@H]([C@@H]1OC(C(=O)O)=C[C@H](N=C(N)N)[C@H]1NC(C)=O)[C@H](O)CO. The number of carboxylic acids is 1. The maximum absolute atomic E-state index is 12.2. The number of rotatable bonds is 15. The van der Waals surface area contributed by atoms with E-state index in [-0.39, 0.29) is 12.5 Å². The van der Waals surface area contributed by atoms with Crippen molar-refractivity contribution in [1.29, 1.82) is 0 Å². The van der Waals surface area contributed by atoms with Crippen LogP contribution in [0, 0.1) is 0 Å². The number of nitrogens with zero attached hydrogens (tertiary/aromatic N) is 1. The topological polar surface area (TPSA) is 228 Å². The maximum atomic E-state index is 12.2. The molecule has 5 atom stereocenters. The first-order valence-corrected chi connectivity index (χ1v) is 10.8. The molecule has 34 heavy (non-hydrogen) atoms. The van der Waals surface area contributed by atoms with E-state index in [1.807, 2.05) is 6.92 Å². The summed E-state index contributed by atoms with van der Waals surface area (Å²) in [5, 5.41) is 34.4. The second-order valence-electron chi connectivity index (χ2n) is 7.53. The number of unbranched alkanes of at least 4 members (excludes halogenated alkanes) is 1. The number of nitrogens with one attached hydrogen (secondary N) is 2. The third kappa shape index (κ3) is 9.91. The molecule has 194 valence electrons. The molecule has 0 unspecified atom stereocenters.